The van der Waals surface area contributed by atoms with Gasteiger partial charge in [0.05, 0.1) is 0 Å². The standard InChI is InChI=1S/C17H22N2OS/c1-5-19(6-2)17(20)15-11-21-16(18-15)14-9-7-13(8-10-14)12(3)4/h7-12H,5-6H2,1-4H3. The highest BCUT2D eigenvalue weighted by Crippen LogP contribution is 2.26. The first kappa shape index (κ1) is 15.7. The zero-order valence-corrected chi connectivity index (χ0v) is 13.9. The number of carbonyl (C=O) groups is 1. The van der Waals surface area contributed by atoms with Crippen molar-refractivity contribution >= 4 is 17.2 Å². The number of benzene rings is 1. The Morgan fingerprint density at radius 2 is 1.81 bits per heavy atom. The lowest BCUT2D eigenvalue weighted by Crippen LogP contribution is -2.30. The second-order valence-electron chi connectivity index (χ2n) is 5.29. The fourth-order valence-corrected chi connectivity index (χ4v) is 2.99. The number of hydrogen-bond acceptors (Lipinski definition) is 3. The zero-order chi connectivity index (χ0) is 15.4. The number of aromatic nitrogens is 1. The molecule has 0 saturated carbocycles. The van der Waals surface area contributed by atoms with E-state index in [1.807, 2.05) is 19.2 Å². The minimum absolute atomic E-state index is 0.0151. The highest BCUT2D eigenvalue weighted by atomic mass is 32.1. The zero-order valence-electron chi connectivity index (χ0n) is 13.1. The largest absolute Gasteiger partial charge is 0.338 e. The van der Waals surface area contributed by atoms with Gasteiger partial charge in [0.2, 0.25) is 0 Å². The maximum absolute atomic E-state index is 12.3. The molecule has 0 aliphatic heterocycles. The molecule has 0 N–H and O–H groups in total. The lowest BCUT2D eigenvalue weighted by atomic mass is 10.0. The molecule has 0 aliphatic carbocycles. The summed E-state index contributed by atoms with van der Waals surface area (Å²) in [6.45, 7) is 9.76. The first-order chi connectivity index (χ1) is 10.1. The lowest BCUT2D eigenvalue weighted by Gasteiger charge is -2.16. The molecular formula is C17H22N2OS. The van der Waals surface area contributed by atoms with Crippen LogP contribution in [0.3, 0.4) is 0 Å². The molecule has 2 rings (SSSR count). The van der Waals surface area contributed by atoms with Crippen molar-refractivity contribution in [3.8, 4) is 10.6 Å². The highest BCUT2D eigenvalue weighted by Gasteiger charge is 2.16. The van der Waals surface area contributed by atoms with Crippen LogP contribution in [0.5, 0.6) is 0 Å². The summed E-state index contributed by atoms with van der Waals surface area (Å²) in [5.41, 5.74) is 2.93. The fraction of sp³-hybridized carbons (Fsp3) is 0.412. The van der Waals surface area contributed by atoms with Crippen molar-refractivity contribution in [1.82, 2.24) is 9.88 Å². The van der Waals surface area contributed by atoms with Crippen LogP contribution in [0.25, 0.3) is 10.6 Å². The van der Waals surface area contributed by atoms with E-state index in [1.165, 1.54) is 16.9 Å². The van der Waals surface area contributed by atoms with E-state index in [0.717, 1.165) is 10.6 Å². The van der Waals surface area contributed by atoms with E-state index in [1.54, 1.807) is 4.90 Å². The molecule has 112 valence electrons. The molecule has 1 aromatic heterocycles. The van der Waals surface area contributed by atoms with Gasteiger partial charge in [0.1, 0.15) is 10.7 Å². The Morgan fingerprint density at radius 1 is 1.19 bits per heavy atom. The predicted octanol–water partition coefficient (Wildman–Crippen LogP) is 4.42. The molecule has 0 unspecified atom stereocenters. The summed E-state index contributed by atoms with van der Waals surface area (Å²) in [6, 6.07) is 8.43. The third-order valence-corrected chi connectivity index (χ3v) is 4.49. The summed E-state index contributed by atoms with van der Waals surface area (Å²) >= 11 is 1.52. The molecule has 0 aliphatic rings. The number of carbonyl (C=O) groups excluding carboxylic acids is 1. The molecule has 1 amide bonds. The summed E-state index contributed by atoms with van der Waals surface area (Å²) in [7, 11) is 0. The topological polar surface area (TPSA) is 33.2 Å². The Labute approximate surface area is 130 Å². The summed E-state index contributed by atoms with van der Waals surface area (Å²) in [5, 5.41) is 2.76. The van der Waals surface area contributed by atoms with Crippen molar-refractivity contribution in [2.45, 2.75) is 33.6 Å². The van der Waals surface area contributed by atoms with Gasteiger partial charge < -0.3 is 4.90 Å². The number of amides is 1. The Balaban J connectivity index is 2.21. The fourth-order valence-electron chi connectivity index (χ4n) is 2.19. The predicted molar refractivity (Wildman–Crippen MR) is 88.9 cm³/mol. The first-order valence-electron chi connectivity index (χ1n) is 7.41. The maximum atomic E-state index is 12.3. The molecule has 2 aromatic rings. The Kier molecular flexibility index (Phi) is 5.12. The van der Waals surface area contributed by atoms with E-state index in [-0.39, 0.29) is 5.91 Å². The summed E-state index contributed by atoms with van der Waals surface area (Å²) in [4.78, 5) is 18.6. The van der Waals surface area contributed by atoms with Gasteiger partial charge in [-0.15, -0.1) is 11.3 Å². The van der Waals surface area contributed by atoms with Crippen LogP contribution in [-0.2, 0) is 0 Å². The summed E-state index contributed by atoms with van der Waals surface area (Å²) < 4.78 is 0. The summed E-state index contributed by atoms with van der Waals surface area (Å²) in [6.07, 6.45) is 0. The van der Waals surface area contributed by atoms with Crippen molar-refractivity contribution in [3.63, 3.8) is 0 Å². The van der Waals surface area contributed by atoms with E-state index in [4.69, 9.17) is 0 Å². The molecule has 0 atom stereocenters. The van der Waals surface area contributed by atoms with Crippen molar-refractivity contribution < 1.29 is 4.79 Å². The van der Waals surface area contributed by atoms with Gasteiger partial charge in [-0.05, 0) is 25.3 Å². The summed E-state index contributed by atoms with van der Waals surface area (Å²) in [5.74, 6) is 0.538. The molecular weight excluding hydrogens is 280 g/mol. The van der Waals surface area contributed by atoms with Gasteiger partial charge >= 0.3 is 0 Å². The molecule has 3 nitrogen and oxygen atoms in total. The highest BCUT2D eigenvalue weighted by molar-refractivity contribution is 7.13. The normalized spacial score (nSPS) is 10.9. The van der Waals surface area contributed by atoms with Crippen LogP contribution in [-0.4, -0.2) is 28.9 Å². The average Bonchev–Trinajstić information content (AvgIpc) is 2.98. The quantitative estimate of drug-likeness (QED) is 0.819. The van der Waals surface area contributed by atoms with Crippen molar-refractivity contribution in [3.05, 3.63) is 40.9 Å². The van der Waals surface area contributed by atoms with E-state index in [0.29, 0.717) is 24.7 Å². The van der Waals surface area contributed by atoms with Crippen LogP contribution in [0.4, 0.5) is 0 Å². The lowest BCUT2D eigenvalue weighted by molar-refractivity contribution is 0.0768. The van der Waals surface area contributed by atoms with E-state index in [9.17, 15) is 4.79 Å². The van der Waals surface area contributed by atoms with E-state index < -0.39 is 0 Å². The number of nitrogens with zero attached hydrogens (tertiary/aromatic N) is 2. The van der Waals surface area contributed by atoms with Crippen LogP contribution in [0, 0.1) is 0 Å². The van der Waals surface area contributed by atoms with Crippen molar-refractivity contribution in [1.29, 1.82) is 0 Å². The molecule has 0 fully saturated rings. The second-order valence-corrected chi connectivity index (χ2v) is 6.15. The van der Waals surface area contributed by atoms with Crippen LogP contribution in [0.1, 0.15) is 49.7 Å². The van der Waals surface area contributed by atoms with Gasteiger partial charge in [0.15, 0.2) is 0 Å². The maximum Gasteiger partial charge on any atom is 0.273 e. The number of hydrogen-bond donors (Lipinski definition) is 0. The molecule has 4 heteroatoms. The van der Waals surface area contributed by atoms with Gasteiger partial charge in [-0.2, -0.15) is 0 Å². The minimum atomic E-state index is 0.0151. The third kappa shape index (κ3) is 3.50. The number of thiazole rings is 1. The average molecular weight is 302 g/mol. The van der Waals surface area contributed by atoms with Gasteiger partial charge in [0, 0.05) is 24.0 Å². The minimum Gasteiger partial charge on any atom is -0.338 e. The van der Waals surface area contributed by atoms with Crippen LogP contribution in [0.15, 0.2) is 29.6 Å². The Hall–Kier alpha value is -1.68. The van der Waals surface area contributed by atoms with Crippen molar-refractivity contribution in [2.24, 2.45) is 0 Å². The van der Waals surface area contributed by atoms with E-state index in [2.05, 4.69) is 43.1 Å². The van der Waals surface area contributed by atoms with Crippen LogP contribution >= 0.6 is 11.3 Å². The molecule has 0 saturated heterocycles. The molecule has 21 heavy (non-hydrogen) atoms. The van der Waals surface area contributed by atoms with Crippen LogP contribution in [0.2, 0.25) is 0 Å². The van der Waals surface area contributed by atoms with E-state index >= 15 is 0 Å². The van der Waals surface area contributed by atoms with Crippen LogP contribution < -0.4 is 0 Å². The Bertz CT molecular complexity index is 598. The second kappa shape index (κ2) is 6.85. The van der Waals surface area contributed by atoms with Gasteiger partial charge in [-0.3, -0.25) is 4.79 Å². The first-order valence-corrected chi connectivity index (χ1v) is 8.29. The number of rotatable bonds is 5. The molecule has 0 bridgehead atoms. The van der Waals surface area contributed by atoms with Gasteiger partial charge in [0.25, 0.3) is 5.91 Å². The smallest absolute Gasteiger partial charge is 0.273 e. The van der Waals surface area contributed by atoms with Crippen molar-refractivity contribution in [2.75, 3.05) is 13.1 Å². The molecule has 0 spiro atoms. The monoisotopic (exact) mass is 302 g/mol. The molecule has 0 radical (unpaired) electrons. The Morgan fingerprint density at radius 3 is 2.33 bits per heavy atom. The SMILES string of the molecule is CCN(CC)C(=O)c1csc(-c2ccc(C(C)C)cc2)n1. The van der Waals surface area contributed by atoms with Gasteiger partial charge in [-0.25, -0.2) is 4.98 Å². The van der Waals surface area contributed by atoms with Gasteiger partial charge in [-0.1, -0.05) is 38.1 Å². The molecule has 1 aromatic carbocycles. The molecule has 1 heterocycles. The third-order valence-electron chi connectivity index (χ3n) is 3.60.